The summed E-state index contributed by atoms with van der Waals surface area (Å²) >= 11 is 0. The van der Waals surface area contributed by atoms with Crippen LogP contribution < -0.4 is 10.5 Å². The molecule has 0 spiro atoms. The quantitative estimate of drug-likeness (QED) is 0.930. The fraction of sp³-hybridized carbons (Fsp3) is 0.562. The number of hydrogen-bond acceptors (Lipinski definition) is 3. The highest BCUT2D eigenvalue weighted by molar-refractivity contribution is 5.97. The van der Waals surface area contributed by atoms with E-state index >= 15 is 0 Å². The van der Waals surface area contributed by atoms with Crippen molar-refractivity contribution in [3.63, 3.8) is 0 Å². The number of amides is 1. The Hall–Kier alpha value is -1.26. The van der Waals surface area contributed by atoms with Crippen LogP contribution in [0.25, 0.3) is 0 Å². The summed E-state index contributed by atoms with van der Waals surface area (Å²) in [6.45, 7) is 8.16. The first-order valence-electron chi connectivity index (χ1n) is 7.20. The number of ether oxygens (including phenoxy) is 1. The molecule has 118 valence electrons. The summed E-state index contributed by atoms with van der Waals surface area (Å²) in [4.78, 5) is 14.5. The molecule has 1 unspecified atom stereocenters. The van der Waals surface area contributed by atoms with E-state index in [4.69, 9.17) is 10.5 Å². The largest absolute Gasteiger partial charge is 0.490 e. The average molecular weight is 313 g/mol. The lowest BCUT2D eigenvalue weighted by Gasteiger charge is -2.23. The number of nitrogens with two attached hydrogens (primary N) is 1. The number of likely N-dealkylation sites (tertiary alicyclic amines) is 1. The van der Waals surface area contributed by atoms with Crippen molar-refractivity contribution in [2.45, 2.75) is 33.3 Å². The molecule has 2 rings (SSSR count). The predicted molar refractivity (Wildman–Crippen MR) is 87.1 cm³/mol. The van der Waals surface area contributed by atoms with Crippen LogP contribution in [0.2, 0.25) is 0 Å². The zero-order valence-corrected chi connectivity index (χ0v) is 13.8. The van der Waals surface area contributed by atoms with Crippen LogP contribution >= 0.6 is 12.4 Å². The first kappa shape index (κ1) is 17.8. The lowest BCUT2D eigenvalue weighted by atomic mass is 9.90. The van der Waals surface area contributed by atoms with E-state index in [-0.39, 0.29) is 29.8 Å². The van der Waals surface area contributed by atoms with Crippen LogP contribution in [-0.2, 0) is 0 Å². The molecule has 5 heteroatoms. The van der Waals surface area contributed by atoms with Gasteiger partial charge < -0.3 is 15.4 Å². The molecule has 1 atom stereocenters. The number of hydrogen-bond donors (Lipinski definition) is 1. The van der Waals surface area contributed by atoms with Gasteiger partial charge in [0.15, 0.2) is 0 Å². The van der Waals surface area contributed by atoms with Gasteiger partial charge in [0.25, 0.3) is 5.91 Å². The summed E-state index contributed by atoms with van der Waals surface area (Å²) in [5, 5.41) is 0. The molecule has 0 radical (unpaired) electrons. The standard InChI is InChI=1S/C16H24N2O2.ClH/c1-12(2)20-14-7-5-4-6-13(14)15(19)18-9-8-16(3,10-17)11-18;/h4-7,12H,8-11,17H2,1-3H3;1H. The molecular weight excluding hydrogens is 288 g/mol. The summed E-state index contributed by atoms with van der Waals surface area (Å²) in [5.41, 5.74) is 6.49. The maximum Gasteiger partial charge on any atom is 0.257 e. The normalized spacial score (nSPS) is 21.3. The van der Waals surface area contributed by atoms with Crippen molar-refractivity contribution >= 4 is 18.3 Å². The molecule has 21 heavy (non-hydrogen) atoms. The summed E-state index contributed by atoms with van der Waals surface area (Å²) in [6, 6.07) is 7.45. The van der Waals surface area contributed by atoms with E-state index < -0.39 is 0 Å². The van der Waals surface area contributed by atoms with Crippen LogP contribution in [0, 0.1) is 5.41 Å². The van der Waals surface area contributed by atoms with Gasteiger partial charge in [0.2, 0.25) is 0 Å². The van der Waals surface area contributed by atoms with Crippen LogP contribution in [-0.4, -0.2) is 36.5 Å². The second-order valence-electron chi connectivity index (χ2n) is 6.15. The maximum absolute atomic E-state index is 12.7. The molecule has 0 aliphatic carbocycles. The molecule has 0 aromatic heterocycles. The fourth-order valence-electron chi connectivity index (χ4n) is 2.53. The third kappa shape index (κ3) is 4.11. The topological polar surface area (TPSA) is 55.6 Å². The van der Waals surface area contributed by atoms with Crippen LogP contribution in [0.3, 0.4) is 0 Å². The van der Waals surface area contributed by atoms with Crippen molar-refractivity contribution in [1.29, 1.82) is 0 Å². The molecule has 1 saturated heterocycles. The second-order valence-corrected chi connectivity index (χ2v) is 6.15. The average Bonchev–Trinajstić information content (AvgIpc) is 2.81. The fourth-order valence-corrected chi connectivity index (χ4v) is 2.53. The van der Waals surface area contributed by atoms with Crippen molar-refractivity contribution in [3.05, 3.63) is 29.8 Å². The van der Waals surface area contributed by atoms with Crippen LogP contribution in [0.4, 0.5) is 0 Å². The third-order valence-corrected chi connectivity index (χ3v) is 3.82. The lowest BCUT2D eigenvalue weighted by molar-refractivity contribution is 0.0770. The first-order chi connectivity index (χ1) is 9.45. The van der Waals surface area contributed by atoms with Gasteiger partial charge in [-0.1, -0.05) is 19.1 Å². The molecule has 1 aromatic rings. The number of rotatable bonds is 4. The summed E-state index contributed by atoms with van der Waals surface area (Å²) < 4.78 is 5.73. The molecule has 1 aromatic carbocycles. The minimum absolute atomic E-state index is 0. The highest BCUT2D eigenvalue weighted by Crippen LogP contribution is 2.31. The number of para-hydroxylation sites is 1. The molecule has 4 nitrogen and oxygen atoms in total. The Kier molecular flexibility index (Phi) is 6.05. The van der Waals surface area contributed by atoms with Gasteiger partial charge >= 0.3 is 0 Å². The zero-order chi connectivity index (χ0) is 14.8. The van der Waals surface area contributed by atoms with Gasteiger partial charge in [-0.2, -0.15) is 0 Å². The molecule has 1 heterocycles. The smallest absolute Gasteiger partial charge is 0.257 e. The minimum atomic E-state index is 0. The Morgan fingerprint density at radius 1 is 1.43 bits per heavy atom. The number of carbonyl (C=O) groups excluding carboxylic acids is 1. The molecule has 0 bridgehead atoms. The Morgan fingerprint density at radius 2 is 2.10 bits per heavy atom. The number of carbonyl (C=O) groups is 1. The summed E-state index contributed by atoms with van der Waals surface area (Å²) in [5.74, 6) is 0.701. The minimum Gasteiger partial charge on any atom is -0.490 e. The van der Waals surface area contributed by atoms with Gasteiger partial charge in [-0.15, -0.1) is 12.4 Å². The SMILES string of the molecule is CC(C)Oc1ccccc1C(=O)N1CCC(C)(CN)C1.Cl. The molecule has 1 fully saturated rings. The van der Waals surface area contributed by atoms with E-state index in [1.165, 1.54) is 0 Å². The van der Waals surface area contributed by atoms with Crippen LogP contribution in [0.1, 0.15) is 37.6 Å². The van der Waals surface area contributed by atoms with Gasteiger partial charge in [0.1, 0.15) is 5.75 Å². The molecular formula is C16H25ClN2O2. The van der Waals surface area contributed by atoms with E-state index in [9.17, 15) is 4.79 Å². The van der Waals surface area contributed by atoms with E-state index in [1.807, 2.05) is 43.0 Å². The van der Waals surface area contributed by atoms with Gasteiger partial charge in [0, 0.05) is 13.1 Å². The van der Waals surface area contributed by atoms with Gasteiger partial charge in [-0.05, 0) is 44.4 Å². The van der Waals surface area contributed by atoms with Crippen LogP contribution in [0.5, 0.6) is 5.75 Å². The number of nitrogens with zero attached hydrogens (tertiary/aromatic N) is 1. The van der Waals surface area contributed by atoms with Crippen molar-refractivity contribution in [1.82, 2.24) is 4.90 Å². The zero-order valence-electron chi connectivity index (χ0n) is 13.0. The summed E-state index contributed by atoms with van der Waals surface area (Å²) in [7, 11) is 0. The monoisotopic (exact) mass is 312 g/mol. The molecule has 1 aliphatic heterocycles. The highest BCUT2D eigenvalue weighted by atomic mass is 35.5. The van der Waals surface area contributed by atoms with E-state index in [1.54, 1.807) is 0 Å². The van der Waals surface area contributed by atoms with Crippen molar-refractivity contribution in [3.8, 4) is 5.75 Å². The Balaban J connectivity index is 0.00000220. The highest BCUT2D eigenvalue weighted by Gasteiger charge is 2.35. The number of halogens is 1. The second kappa shape index (κ2) is 7.14. The van der Waals surface area contributed by atoms with Crippen molar-refractivity contribution in [2.75, 3.05) is 19.6 Å². The molecule has 1 amide bonds. The van der Waals surface area contributed by atoms with E-state index in [2.05, 4.69) is 6.92 Å². The van der Waals surface area contributed by atoms with Gasteiger partial charge in [0.05, 0.1) is 11.7 Å². The molecule has 2 N–H and O–H groups in total. The first-order valence-corrected chi connectivity index (χ1v) is 7.20. The predicted octanol–water partition coefficient (Wildman–Crippen LogP) is 2.71. The maximum atomic E-state index is 12.7. The number of benzene rings is 1. The lowest BCUT2D eigenvalue weighted by Crippen LogP contribution is -2.34. The van der Waals surface area contributed by atoms with Crippen LogP contribution in [0.15, 0.2) is 24.3 Å². The van der Waals surface area contributed by atoms with E-state index in [0.717, 1.165) is 19.5 Å². The third-order valence-electron chi connectivity index (χ3n) is 3.82. The van der Waals surface area contributed by atoms with Crippen molar-refractivity contribution < 1.29 is 9.53 Å². The van der Waals surface area contributed by atoms with Gasteiger partial charge in [-0.25, -0.2) is 0 Å². The Labute approximate surface area is 133 Å². The van der Waals surface area contributed by atoms with Gasteiger partial charge in [-0.3, -0.25) is 4.79 Å². The van der Waals surface area contributed by atoms with E-state index in [0.29, 0.717) is 17.9 Å². The molecule has 0 saturated carbocycles. The summed E-state index contributed by atoms with van der Waals surface area (Å²) in [6.07, 6.45) is 1.01. The Bertz CT molecular complexity index is 493. The van der Waals surface area contributed by atoms with Crippen molar-refractivity contribution in [2.24, 2.45) is 11.1 Å². The molecule has 1 aliphatic rings. The Morgan fingerprint density at radius 3 is 2.67 bits per heavy atom.